The number of anilines is 1. The normalized spacial score (nSPS) is 11.2. The first-order valence-electron chi connectivity index (χ1n) is 8.18. The zero-order valence-electron chi connectivity index (χ0n) is 13.7. The van der Waals surface area contributed by atoms with Crippen molar-refractivity contribution in [3.8, 4) is 11.3 Å². The Morgan fingerprint density at radius 1 is 1.12 bits per heavy atom. The first kappa shape index (κ1) is 15.0. The number of rotatable bonds is 4. The Balaban J connectivity index is 1.61. The first-order chi connectivity index (χ1) is 12.9. The van der Waals surface area contributed by atoms with E-state index >= 15 is 0 Å². The van der Waals surface area contributed by atoms with Gasteiger partial charge in [0.1, 0.15) is 22.6 Å². The maximum absolute atomic E-state index is 4.68. The minimum absolute atomic E-state index is 0.657. The third-order valence-electron chi connectivity index (χ3n) is 4.24. The molecule has 0 unspecified atom stereocenters. The molecule has 0 amide bonds. The van der Waals surface area contributed by atoms with Gasteiger partial charge in [0.05, 0.1) is 5.69 Å². The number of H-pyrrole nitrogens is 1. The van der Waals surface area contributed by atoms with Gasteiger partial charge in [0, 0.05) is 41.5 Å². The predicted octanol–water partition coefficient (Wildman–Crippen LogP) is 4.24. The summed E-state index contributed by atoms with van der Waals surface area (Å²) in [6, 6.07) is 10.1. The summed E-state index contributed by atoms with van der Waals surface area (Å²) in [6.07, 6.45) is 7.14. The number of aromatic nitrogens is 5. The number of nitrogens with one attached hydrogen (secondary N) is 2. The summed E-state index contributed by atoms with van der Waals surface area (Å²) in [5.41, 5.74) is 3.89. The van der Waals surface area contributed by atoms with Crippen LogP contribution in [0.25, 0.3) is 32.5 Å². The number of hydrogen-bond donors (Lipinski definition) is 2. The highest BCUT2D eigenvalue weighted by atomic mass is 32.1. The fourth-order valence-corrected chi connectivity index (χ4v) is 3.76. The molecule has 0 aliphatic rings. The van der Waals surface area contributed by atoms with E-state index in [9.17, 15) is 0 Å². The standard InChI is InChI=1S/C19H14N6S/c1-2-12(9-20-5-1)10-22-16-8-15(13-3-6-21-18(13)25-16)17-14-4-7-26-19(14)24-11-23-17/h1-9,11H,10H2,(H2,21,22,25). The molecule has 7 heteroatoms. The second-order valence-corrected chi connectivity index (χ2v) is 6.77. The molecule has 0 aliphatic carbocycles. The van der Waals surface area contributed by atoms with Gasteiger partial charge >= 0.3 is 0 Å². The van der Waals surface area contributed by atoms with E-state index < -0.39 is 0 Å². The molecule has 6 nitrogen and oxygen atoms in total. The van der Waals surface area contributed by atoms with Crippen molar-refractivity contribution in [3.63, 3.8) is 0 Å². The molecule has 126 valence electrons. The highest BCUT2D eigenvalue weighted by molar-refractivity contribution is 7.16. The molecule has 2 N–H and O–H groups in total. The lowest BCUT2D eigenvalue weighted by atomic mass is 10.1. The van der Waals surface area contributed by atoms with Crippen LogP contribution < -0.4 is 5.32 Å². The predicted molar refractivity (Wildman–Crippen MR) is 104 cm³/mol. The Bertz CT molecular complexity index is 1190. The van der Waals surface area contributed by atoms with Gasteiger partial charge in [0.15, 0.2) is 0 Å². The topological polar surface area (TPSA) is 79.4 Å². The van der Waals surface area contributed by atoms with Crippen LogP contribution >= 0.6 is 11.3 Å². The largest absolute Gasteiger partial charge is 0.366 e. The van der Waals surface area contributed by atoms with Gasteiger partial charge in [-0.15, -0.1) is 11.3 Å². The first-order valence-corrected chi connectivity index (χ1v) is 9.06. The quantitative estimate of drug-likeness (QED) is 0.502. The molecule has 0 spiro atoms. The minimum atomic E-state index is 0.657. The van der Waals surface area contributed by atoms with Gasteiger partial charge in [0.25, 0.3) is 0 Å². The lowest BCUT2D eigenvalue weighted by molar-refractivity contribution is 1.09. The van der Waals surface area contributed by atoms with Crippen molar-refractivity contribution in [1.29, 1.82) is 0 Å². The molecule has 0 saturated carbocycles. The van der Waals surface area contributed by atoms with Crippen LogP contribution in [0.2, 0.25) is 0 Å². The SMILES string of the molecule is c1cncc(CNc2cc(-c3ncnc4sccc34)c3cc[nH]c3n2)c1. The van der Waals surface area contributed by atoms with Gasteiger partial charge in [-0.25, -0.2) is 15.0 Å². The third-order valence-corrected chi connectivity index (χ3v) is 5.06. The highest BCUT2D eigenvalue weighted by Crippen LogP contribution is 2.34. The molecular formula is C19H14N6S. The Kier molecular flexibility index (Phi) is 3.57. The van der Waals surface area contributed by atoms with E-state index in [1.807, 2.05) is 42.0 Å². The molecule has 0 atom stereocenters. The van der Waals surface area contributed by atoms with Crippen LogP contribution in [0.5, 0.6) is 0 Å². The lowest BCUT2D eigenvalue weighted by Crippen LogP contribution is -2.02. The molecule has 26 heavy (non-hydrogen) atoms. The smallest absolute Gasteiger partial charge is 0.140 e. The molecule has 0 aromatic carbocycles. The molecular weight excluding hydrogens is 344 g/mol. The van der Waals surface area contributed by atoms with Crippen LogP contribution in [0, 0.1) is 0 Å². The second-order valence-electron chi connectivity index (χ2n) is 5.87. The Morgan fingerprint density at radius 3 is 3.04 bits per heavy atom. The summed E-state index contributed by atoms with van der Waals surface area (Å²) >= 11 is 1.62. The Morgan fingerprint density at radius 2 is 2.12 bits per heavy atom. The van der Waals surface area contributed by atoms with E-state index in [0.29, 0.717) is 6.54 Å². The van der Waals surface area contributed by atoms with Crippen molar-refractivity contribution in [2.75, 3.05) is 5.32 Å². The minimum Gasteiger partial charge on any atom is -0.366 e. The summed E-state index contributed by atoms with van der Waals surface area (Å²) in [5, 5.41) is 7.53. The fourth-order valence-electron chi connectivity index (χ4n) is 3.02. The molecule has 0 radical (unpaired) electrons. The molecule has 0 bridgehead atoms. The molecule has 0 aliphatic heterocycles. The van der Waals surface area contributed by atoms with Crippen LogP contribution in [0.1, 0.15) is 5.56 Å². The van der Waals surface area contributed by atoms with E-state index in [1.165, 1.54) is 0 Å². The average Bonchev–Trinajstić information content (AvgIpc) is 3.35. The fraction of sp³-hybridized carbons (Fsp3) is 0.0526. The monoisotopic (exact) mass is 358 g/mol. The van der Waals surface area contributed by atoms with Crippen LogP contribution in [0.4, 0.5) is 5.82 Å². The van der Waals surface area contributed by atoms with E-state index in [2.05, 4.69) is 36.3 Å². The summed E-state index contributed by atoms with van der Waals surface area (Å²) < 4.78 is 0. The number of fused-ring (bicyclic) bond motifs is 2. The highest BCUT2D eigenvalue weighted by Gasteiger charge is 2.14. The third kappa shape index (κ3) is 2.58. The van der Waals surface area contributed by atoms with Crippen molar-refractivity contribution in [2.24, 2.45) is 0 Å². The molecule has 5 aromatic heterocycles. The van der Waals surface area contributed by atoms with Gasteiger partial charge in [-0.1, -0.05) is 6.07 Å². The van der Waals surface area contributed by atoms with Gasteiger partial charge in [-0.3, -0.25) is 4.98 Å². The Hall–Kier alpha value is -3.32. The van der Waals surface area contributed by atoms with Crippen molar-refractivity contribution >= 4 is 38.4 Å². The number of aromatic amines is 1. The van der Waals surface area contributed by atoms with Crippen molar-refractivity contribution < 1.29 is 0 Å². The molecule has 0 saturated heterocycles. The van der Waals surface area contributed by atoms with Gasteiger partial charge in [0.2, 0.25) is 0 Å². The number of pyridine rings is 2. The van der Waals surface area contributed by atoms with Crippen LogP contribution in [0.3, 0.4) is 0 Å². The molecule has 5 heterocycles. The van der Waals surface area contributed by atoms with Crippen LogP contribution in [-0.4, -0.2) is 24.9 Å². The van der Waals surface area contributed by atoms with E-state index in [-0.39, 0.29) is 0 Å². The maximum Gasteiger partial charge on any atom is 0.140 e. The maximum atomic E-state index is 4.68. The van der Waals surface area contributed by atoms with Gasteiger partial charge in [-0.05, 0) is 35.2 Å². The molecule has 5 rings (SSSR count). The van der Waals surface area contributed by atoms with Gasteiger partial charge in [-0.2, -0.15) is 0 Å². The van der Waals surface area contributed by atoms with Crippen molar-refractivity contribution in [1.82, 2.24) is 24.9 Å². The second kappa shape index (κ2) is 6.20. The number of hydrogen-bond acceptors (Lipinski definition) is 6. The van der Waals surface area contributed by atoms with E-state index in [1.54, 1.807) is 23.9 Å². The van der Waals surface area contributed by atoms with Crippen molar-refractivity contribution in [2.45, 2.75) is 6.54 Å². The lowest BCUT2D eigenvalue weighted by Gasteiger charge is -2.10. The summed E-state index contributed by atoms with van der Waals surface area (Å²) in [6.45, 7) is 0.657. The average molecular weight is 358 g/mol. The van der Waals surface area contributed by atoms with Crippen LogP contribution in [-0.2, 0) is 6.54 Å². The Labute approximate surface area is 153 Å². The number of thiophene rings is 1. The summed E-state index contributed by atoms with van der Waals surface area (Å²) in [4.78, 5) is 21.9. The molecule has 5 aromatic rings. The zero-order chi connectivity index (χ0) is 17.3. The number of nitrogens with zero attached hydrogens (tertiary/aromatic N) is 4. The molecule has 0 fully saturated rings. The zero-order valence-corrected chi connectivity index (χ0v) is 14.5. The van der Waals surface area contributed by atoms with Gasteiger partial charge < -0.3 is 10.3 Å². The van der Waals surface area contributed by atoms with E-state index in [4.69, 9.17) is 0 Å². The summed E-state index contributed by atoms with van der Waals surface area (Å²) in [7, 11) is 0. The van der Waals surface area contributed by atoms with Crippen LogP contribution in [0.15, 0.2) is 60.6 Å². The van der Waals surface area contributed by atoms with Crippen molar-refractivity contribution in [3.05, 3.63) is 66.2 Å². The summed E-state index contributed by atoms with van der Waals surface area (Å²) in [5.74, 6) is 0.792. The van der Waals surface area contributed by atoms with E-state index in [0.717, 1.165) is 43.9 Å².